The van der Waals surface area contributed by atoms with Crippen molar-refractivity contribution in [2.45, 2.75) is 19.4 Å². The molecule has 0 radical (unpaired) electrons. The van der Waals surface area contributed by atoms with Crippen molar-refractivity contribution in [3.8, 4) is 0 Å². The van der Waals surface area contributed by atoms with Crippen LogP contribution in [-0.4, -0.2) is 23.5 Å². The summed E-state index contributed by atoms with van der Waals surface area (Å²) in [6, 6.07) is 20.3. The van der Waals surface area contributed by atoms with Crippen LogP contribution in [-0.2, 0) is 11.3 Å². The van der Waals surface area contributed by atoms with Gasteiger partial charge in [0, 0.05) is 30.2 Å². The molecule has 0 spiro atoms. The third kappa shape index (κ3) is 6.17. The minimum Gasteiger partial charge on any atom is -0.445 e. The highest BCUT2D eigenvalue weighted by atomic mass is 16.5. The van der Waals surface area contributed by atoms with Crippen molar-refractivity contribution in [1.82, 2.24) is 10.3 Å². The first-order valence-corrected chi connectivity index (χ1v) is 9.37. The lowest BCUT2D eigenvalue weighted by Gasteiger charge is -2.14. The Bertz CT molecular complexity index is 929. The van der Waals surface area contributed by atoms with Crippen LogP contribution in [0, 0.1) is 0 Å². The van der Waals surface area contributed by atoms with Gasteiger partial charge in [-0.3, -0.25) is 9.78 Å². The summed E-state index contributed by atoms with van der Waals surface area (Å²) in [5.74, 6) is -0.102. The molecule has 0 saturated carbocycles. The maximum Gasteiger partial charge on any atom is 0.407 e. The van der Waals surface area contributed by atoms with Crippen LogP contribution in [0.4, 0.5) is 10.5 Å². The predicted molar refractivity (Wildman–Crippen MR) is 112 cm³/mol. The zero-order valence-corrected chi connectivity index (χ0v) is 16.2. The van der Waals surface area contributed by atoms with E-state index in [4.69, 9.17) is 4.74 Å². The van der Waals surface area contributed by atoms with Crippen LogP contribution in [0.15, 0.2) is 79.1 Å². The lowest BCUT2D eigenvalue weighted by Crippen LogP contribution is -2.28. The van der Waals surface area contributed by atoms with Gasteiger partial charge >= 0.3 is 6.09 Å². The van der Waals surface area contributed by atoms with Gasteiger partial charge in [0.1, 0.15) is 6.61 Å². The summed E-state index contributed by atoms with van der Waals surface area (Å²) in [4.78, 5) is 28.1. The molecule has 3 rings (SSSR count). The number of nitrogens with one attached hydrogen (secondary N) is 2. The van der Waals surface area contributed by atoms with Gasteiger partial charge in [-0.15, -0.1) is 0 Å². The number of anilines is 1. The highest BCUT2D eigenvalue weighted by Crippen LogP contribution is 2.16. The molecule has 6 heteroatoms. The first-order valence-electron chi connectivity index (χ1n) is 9.37. The van der Waals surface area contributed by atoms with Crippen molar-refractivity contribution in [1.29, 1.82) is 0 Å². The van der Waals surface area contributed by atoms with E-state index in [0.29, 0.717) is 17.8 Å². The molecule has 0 saturated heterocycles. The van der Waals surface area contributed by atoms with Crippen LogP contribution >= 0.6 is 0 Å². The molecule has 1 unspecified atom stereocenters. The van der Waals surface area contributed by atoms with Gasteiger partial charge in [-0.2, -0.15) is 0 Å². The van der Waals surface area contributed by atoms with Gasteiger partial charge in [0.2, 0.25) is 0 Å². The summed E-state index contributed by atoms with van der Waals surface area (Å²) < 4.78 is 5.21. The molecule has 0 aliphatic heterocycles. The molecule has 0 aliphatic carbocycles. The number of rotatable bonds is 7. The highest BCUT2D eigenvalue weighted by molar-refractivity contribution is 6.04. The topological polar surface area (TPSA) is 80.3 Å². The van der Waals surface area contributed by atoms with E-state index in [-0.39, 0.29) is 18.4 Å². The maximum atomic E-state index is 12.3. The molecule has 2 N–H and O–H groups in total. The summed E-state index contributed by atoms with van der Waals surface area (Å²) >= 11 is 0. The Kier molecular flexibility index (Phi) is 6.95. The van der Waals surface area contributed by atoms with E-state index in [1.165, 1.54) is 0 Å². The third-order valence-electron chi connectivity index (χ3n) is 4.45. The summed E-state index contributed by atoms with van der Waals surface area (Å²) in [6.45, 7) is 2.68. The molecular weight excluding hydrogens is 366 g/mol. The molecule has 2 aromatic carbocycles. The fourth-order valence-corrected chi connectivity index (χ4v) is 2.73. The molecule has 3 aromatic rings. The van der Waals surface area contributed by atoms with Crippen LogP contribution in [0.2, 0.25) is 0 Å². The van der Waals surface area contributed by atoms with Crippen molar-refractivity contribution < 1.29 is 14.3 Å². The summed E-state index contributed by atoms with van der Waals surface area (Å²) in [5.41, 5.74) is 3.22. The van der Waals surface area contributed by atoms with E-state index < -0.39 is 6.09 Å². The normalized spacial score (nSPS) is 11.3. The van der Waals surface area contributed by atoms with Crippen LogP contribution in [0.25, 0.3) is 0 Å². The number of pyridine rings is 1. The van der Waals surface area contributed by atoms with Crippen LogP contribution in [0.3, 0.4) is 0 Å². The average Bonchev–Trinajstić information content (AvgIpc) is 2.77. The minimum atomic E-state index is -0.450. The lowest BCUT2D eigenvalue weighted by atomic mass is 9.99. The smallest absolute Gasteiger partial charge is 0.407 e. The standard InChI is InChI=1S/C23H23N3O3/c1-17(15-25-23(28)29-16-18-5-3-2-4-6-18)19-7-9-20(10-8-19)22(27)26-21-11-13-24-14-12-21/h2-14,17H,15-16H2,1H3,(H,25,28)(H,24,26,27). The zero-order chi connectivity index (χ0) is 20.5. The van der Waals surface area contributed by atoms with E-state index in [0.717, 1.165) is 11.1 Å². The SMILES string of the molecule is CC(CNC(=O)OCc1ccccc1)c1ccc(C(=O)Nc2ccncc2)cc1. The number of alkyl carbamates (subject to hydrolysis) is 1. The van der Waals surface area contributed by atoms with Crippen LogP contribution in [0.1, 0.15) is 34.3 Å². The van der Waals surface area contributed by atoms with Gasteiger partial charge in [0.15, 0.2) is 0 Å². The van der Waals surface area contributed by atoms with Crippen molar-refractivity contribution >= 4 is 17.7 Å². The van der Waals surface area contributed by atoms with Crippen molar-refractivity contribution in [2.24, 2.45) is 0 Å². The number of amides is 2. The van der Waals surface area contributed by atoms with Crippen LogP contribution < -0.4 is 10.6 Å². The number of hydrogen-bond acceptors (Lipinski definition) is 4. The van der Waals surface area contributed by atoms with E-state index in [1.807, 2.05) is 49.4 Å². The highest BCUT2D eigenvalue weighted by Gasteiger charge is 2.11. The molecule has 6 nitrogen and oxygen atoms in total. The number of hydrogen-bond donors (Lipinski definition) is 2. The Morgan fingerprint density at radius 1 is 0.966 bits per heavy atom. The zero-order valence-electron chi connectivity index (χ0n) is 16.2. The second-order valence-corrected chi connectivity index (χ2v) is 6.66. The van der Waals surface area contributed by atoms with Gasteiger partial charge in [0.05, 0.1) is 0 Å². The van der Waals surface area contributed by atoms with E-state index in [9.17, 15) is 9.59 Å². The van der Waals surface area contributed by atoms with Crippen molar-refractivity contribution in [3.63, 3.8) is 0 Å². The number of aromatic nitrogens is 1. The van der Waals surface area contributed by atoms with E-state index in [1.54, 1.807) is 36.7 Å². The number of benzene rings is 2. The molecule has 2 amide bonds. The summed E-state index contributed by atoms with van der Waals surface area (Å²) in [6.07, 6.45) is 2.80. The molecule has 148 valence electrons. The van der Waals surface area contributed by atoms with Crippen molar-refractivity contribution in [3.05, 3.63) is 95.8 Å². The molecule has 0 aliphatic rings. The maximum absolute atomic E-state index is 12.3. The van der Waals surface area contributed by atoms with Gasteiger partial charge in [-0.05, 0) is 41.3 Å². The first kappa shape index (κ1) is 20.1. The first-order chi connectivity index (χ1) is 14.1. The van der Waals surface area contributed by atoms with Crippen LogP contribution in [0.5, 0.6) is 0 Å². The molecular formula is C23H23N3O3. The quantitative estimate of drug-likeness (QED) is 0.629. The summed E-state index contributed by atoms with van der Waals surface area (Å²) in [7, 11) is 0. The lowest BCUT2D eigenvalue weighted by molar-refractivity contribution is 0.102. The summed E-state index contributed by atoms with van der Waals surface area (Å²) in [5, 5.41) is 5.60. The number of carbonyl (C=O) groups is 2. The number of ether oxygens (including phenoxy) is 1. The molecule has 1 heterocycles. The molecule has 0 fully saturated rings. The van der Waals surface area contributed by atoms with E-state index >= 15 is 0 Å². The Balaban J connectivity index is 1.46. The third-order valence-corrected chi connectivity index (χ3v) is 4.45. The molecule has 29 heavy (non-hydrogen) atoms. The average molecular weight is 389 g/mol. The fraction of sp³-hybridized carbons (Fsp3) is 0.174. The van der Waals surface area contributed by atoms with E-state index in [2.05, 4.69) is 15.6 Å². The Morgan fingerprint density at radius 2 is 1.66 bits per heavy atom. The van der Waals surface area contributed by atoms with Crippen molar-refractivity contribution in [2.75, 3.05) is 11.9 Å². The fourth-order valence-electron chi connectivity index (χ4n) is 2.73. The van der Waals surface area contributed by atoms with Gasteiger partial charge in [-0.1, -0.05) is 49.4 Å². The van der Waals surface area contributed by atoms with Gasteiger partial charge in [0.25, 0.3) is 5.91 Å². The number of nitrogens with zero attached hydrogens (tertiary/aromatic N) is 1. The predicted octanol–water partition coefficient (Wildman–Crippen LogP) is 4.36. The largest absolute Gasteiger partial charge is 0.445 e. The number of carbonyl (C=O) groups excluding carboxylic acids is 2. The Labute approximate surface area is 169 Å². The van der Waals surface area contributed by atoms with Gasteiger partial charge in [-0.25, -0.2) is 4.79 Å². The van der Waals surface area contributed by atoms with Gasteiger partial charge < -0.3 is 15.4 Å². The second kappa shape index (κ2) is 10.0. The minimum absolute atomic E-state index is 0.0802. The monoisotopic (exact) mass is 389 g/mol. The molecule has 0 bridgehead atoms. The Morgan fingerprint density at radius 3 is 2.34 bits per heavy atom. The molecule has 1 atom stereocenters. The molecule has 1 aromatic heterocycles. The Hall–Kier alpha value is -3.67. The second-order valence-electron chi connectivity index (χ2n) is 6.66.